The summed E-state index contributed by atoms with van der Waals surface area (Å²) in [5.74, 6) is 0. The fraction of sp³-hybridized carbons (Fsp3) is 0.667. The quantitative estimate of drug-likeness (QED) is 0.800. The van der Waals surface area contributed by atoms with Crippen LogP contribution in [0.3, 0.4) is 0 Å². The fourth-order valence-electron chi connectivity index (χ4n) is 1.53. The fourth-order valence-corrected chi connectivity index (χ4v) is 2.38. The van der Waals surface area contributed by atoms with Crippen molar-refractivity contribution in [2.75, 3.05) is 27.3 Å². The molecule has 0 unspecified atom stereocenters. The average molecular weight is 214 g/mol. The van der Waals surface area contributed by atoms with E-state index in [-0.39, 0.29) is 5.60 Å². The highest BCUT2D eigenvalue weighted by atomic mass is 32.1. The summed E-state index contributed by atoms with van der Waals surface area (Å²) in [6, 6.07) is 0. The van der Waals surface area contributed by atoms with Crippen molar-refractivity contribution in [2.45, 2.75) is 12.0 Å². The lowest BCUT2D eigenvalue weighted by atomic mass is 9.92. The number of hydrogen-bond acceptors (Lipinski definition) is 5. The molecule has 0 spiro atoms. The number of aromatic nitrogens is 1. The SMILES string of the molecule is COc1ncc(CC2(OC)CNC2)s1. The Morgan fingerprint density at radius 2 is 2.36 bits per heavy atom. The number of ether oxygens (including phenoxy) is 2. The van der Waals surface area contributed by atoms with Crippen molar-refractivity contribution in [1.29, 1.82) is 0 Å². The lowest BCUT2D eigenvalue weighted by molar-refractivity contribution is -0.0496. The van der Waals surface area contributed by atoms with Gasteiger partial charge in [0.2, 0.25) is 0 Å². The standard InChI is InChI=1S/C9H14N2O2S/c1-12-8-11-4-7(14-8)3-9(13-2)5-10-6-9/h4,10H,3,5-6H2,1-2H3. The normalized spacial score (nSPS) is 19.0. The number of hydrogen-bond donors (Lipinski definition) is 1. The van der Waals surface area contributed by atoms with E-state index in [1.165, 1.54) is 4.88 Å². The van der Waals surface area contributed by atoms with Gasteiger partial charge in [-0.25, -0.2) is 4.98 Å². The first-order chi connectivity index (χ1) is 6.78. The van der Waals surface area contributed by atoms with E-state index in [2.05, 4.69) is 10.3 Å². The Labute approximate surface area is 87.3 Å². The lowest BCUT2D eigenvalue weighted by Crippen LogP contribution is -2.61. The second-order valence-electron chi connectivity index (χ2n) is 3.46. The molecule has 5 heteroatoms. The second-order valence-corrected chi connectivity index (χ2v) is 4.54. The van der Waals surface area contributed by atoms with Crippen LogP contribution in [0.1, 0.15) is 4.88 Å². The average Bonchev–Trinajstić information content (AvgIpc) is 2.59. The molecule has 0 atom stereocenters. The Kier molecular flexibility index (Phi) is 2.71. The molecule has 1 aliphatic heterocycles. The maximum Gasteiger partial charge on any atom is 0.273 e. The van der Waals surface area contributed by atoms with Crippen LogP contribution in [-0.2, 0) is 11.2 Å². The molecular formula is C9H14N2O2S. The van der Waals surface area contributed by atoms with Crippen LogP contribution in [0.2, 0.25) is 0 Å². The van der Waals surface area contributed by atoms with Crippen LogP contribution in [0.25, 0.3) is 0 Å². The molecule has 2 rings (SSSR count). The van der Waals surface area contributed by atoms with E-state index < -0.39 is 0 Å². The van der Waals surface area contributed by atoms with Gasteiger partial charge in [-0.2, -0.15) is 0 Å². The van der Waals surface area contributed by atoms with Gasteiger partial charge in [0.1, 0.15) is 0 Å². The third kappa shape index (κ3) is 1.75. The van der Waals surface area contributed by atoms with Gasteiger partial charge in [-0.1, -0.05) is 11.3 Å². The summed E-state index contributed by atoms with van der Waals surface area (Å²) in [4.78, 5) is 5.35. The molecule has 1 aromatic heterocycles. The van der Waals surface area contributed by atoms with Gasteiger partial charge in [-0.15, -0.1) is 0 Å². The Hall–Kier alpha value is -0.650. The molecular weight excluding hydrogens is 200 g/mol. The van der Waals surface area contributed by atoms with Crippen molar-refractivity contribution < 1.29 is 9.47 Å². The van der Waals surface area contributed by atoms with E-state index in [1.54, 1.807) is 25.6 Å². The van der Waals surface area contributed by atoms with Gasteiger partial charge in [0.05, 0.1) is 12.7 Å². The summed E-state index contributed by atoms with van der Waals surface area (Å²) in [6.45, 7) is 1.84. The van der Waals surface area contributed by atoms with Gasteiger partial charge in [0.25, 0.3) is 5.19 Å². The summed E-state index contributed by atoms with van der Waals surface area (Å²) < 4.78 is 10.5. The summed E-state index contributed by atoms with van der Waals surface area (Å²) in [5.41, 5.74) is -0.0163. The zero-order chi connectivity index (χ0) is 10.0. The van der Waals surface area contributed by atoms with Crippen molar-refractivity contribution in [3.05, 3.63) is 11.1 Å². The first-order valence-corrected chi connectivity index (χ1v) is 5.34. The number of methoxy groups -OCH3 is 2. The first kappa shape index (κ1) is 9.89. The molecule has 1 saturated heterocycles. The minimum atomic E-state index is -0.0163. The van der Waals surface area contributed by atoms with E-state index in [0.29, 0.717) is 0 Å². The molecule has 0 amide bonds. The largest absolute Gasteiger partial charge is 0.473 e. The summed E-state index contributed by atoms with van der Waals surface area (Å²) >= 11 is 1.58. The molecule has 0 aromatic carbocycles. The minimum absolute atomic E-state index is 0.0163. The lowest BCUT2D eigenvalue weighted by Gasteiger charge is -2.40. The Bertz CT molecular complexity index is 304. The minimum Gasteiger partial charge on any atom is -0.473 e. The molecule has 14 heavy (non-hydrogen) atoms. The van der Waals surface area contributed by atoms with Crippen molar-refractivity contribution in [3.63, 3.8) is 0 Å². The van der Waals surface area contributed by atoms with E-state index in [0.717, 1.165) is 24.7 Å². The van der Waals surface area contributed by atoms with Crippen LogP contribution in [0.15, 0.2) is 6.20 Å². The summed E-state index contributed by atoms with van der Waals surface area (Å²) in [6.07, 6.45) is 2.78. The maximum absolute atomic E-state index is 5.50. The number of rotatable bonds is 4. The Morgan fingerprint density at radius 1 is 1.57 bits per heavy atom. The molecule has 78 valence electrons. The second kappa shape index (κ2) is 3.84. The zero-order valence-electron chi connectivity index (χ0n) is 8.37. The molecule has 0 bridgehead atoms. The highest BCUT2D eigenvalue weighted by Crippen LogP contribution is 2.27. The molecule has 1 fully saturated rings. The molecule has 2 heterocycles. The van der Waals surface area contributed by atoms with Crippen LogP contribution in [-0.4, -0.2) is 37.9 Å². The van der Waals surface area contributed by atoms with Crippen molar-refractivity contribution in [1.82, 2.24) is 10.3 Å². The summed E-state index contributed by atoms with van der Waals surface area (Å²) in [5, 5.41) is 3.94. The van der Waals surface area contributed by atoms with Gasteiger partial charge >= 0.3 is 0 Å². The predicted octanol–water partition coefficient (Wildman–Crippen LogP) is 0.683. The van der Waals surface area contributed by atoms with E-state index in [4.69, 9.17) is 9.47 Å². The molecule has 4 nitrogen and oxygen atoms in total. The highest BCUT2D eigenvalue weighted by molar-refractivity contribution is 7.13. The van der Waals surface area contributed by atoms with Crippen LogP contribution < -0.4 is 10.1 Å². The molecule has 1 N–H and O–H groups in total. The molecule has 0 radical (unpaired) electrons. The zero-order valence-corrected chi connectivity index (χ0v) is 9.19. The van der Waals surface area contributed by atoms with Crippen molar-refractivity contribution >= 4 is 11.3 Å². The monoisotopic (exact) mass is 214 g/mol. The summed E-state index contributed by atoms with van der Waals surface area (Å²) in [7, 11) is 3.40. The van der Waals surface area contributed by atoms with Crippen LogP contribution in [0.5, 0.6) is 5.19 Å². The van der Waals surface area contributed by atoms with Crippen molar-refractivity contribution in [3.8, 4) is 5.19 Å². The van der Waals surface area contributed by atoms with Crippen LogP contribution in [0.4, 0.5) is 0 Å². The van der Waals surface area contributed by atoms with E-state index in [1.807, 2.05) is 6.20 Å². The van der Waals surface area contributed by atoms with Gasteiger partial charge in [-0.05, 0) is 0 Å². The maximum atomic E-state index is 5.50. The Balaban J connectivity index is 2.02. The molecule has 0 saturated carbocycles. The van der Waals surface area contributed by atoms with Gasteiger partial charge < -0.3 is 14.8 Å². The number of thiazole rings is 1. The third-order valence-corrected chi connectivity index (χ3v) is 3.49. The Morgan fingerprint density at radius 3 is 2.79 bits per heavy atom. The topological polar surface area (TPSA) is 43.4 Å². The third-order valence-electron chi connectivity index (χ3n) is 2.53. The molecule has 0 aliphatic carbocycles. The molecule has 1 aromatic rings. The first-order valence-electron chi connectivity index (χ1n) is 4.52. The number of nitrogens with one attached hydrogen (secondary N) is 1. The van der Waals surface area contributed by atoms with Crippen molar-refractivity contribution in [2.24, 2.45) is 0 Å². The van der Waals surface area contributed by atoms with Gasteiger partial charge in [0.15, 0.2) is 0 Å². The highest BCUT2D eigenvalue weighted by Gasteiger charge is 2.37. The van der Waals surface area contributed by atoms with Gasteiger partial charge in [-0.3, -0.25) is 0 Å². The van der Waals surface area contributed by atoms with Crippen LogP contribution in [0, 0.1) is 0 Å². The van der Waals surface area contributed by atoms with E-state index >= 15 is 0 Å². The van der Waals surface area contributed by atoms with E-state index in [9.17, 15) is 0 Å². The van der Waals surface area contributed by atoms with Gasteiger partial charge in [0, 0.05) is 37.7 Å². The smallest absolute Gasteiger partial charge is 0.273 e. The number of nitrogens with zero attached hydrogens (tertiary/aromatic N) is 1. The van der Waals surface area contributed by atoms with Crippen LogP contribution >= 0.6 is 11.3 Å². The molecule has 1 aliphatic rings. The predicted molar refractivity (Wildman–Crippen MR) is 55.0 cm³/mol.